The Balaban J connectivity index is 2.16. The van der Waals surface area contributed by atoms with Gasteiger partial charge >= 0.3 is 0 Å². The van der Waals surface area contributed by atoms with Gasteiger partial charge in [0, 0.05) is 11.0 Å². The monoisotopic (exact) mass is 373 g/mol. The summed E-state index contributed by atoms with van der Waals surface area (Å²) in [5.74, 6) is 1.54. The third kappa shape index (κ3) is 3.60. The molecule has 6 heteroatoms. The Morgan fingerprint density at radius 1 is 1.08 bits per heavy atom. The molecule has 0 saturated heterocycles. The predicted molar refractivity (Wildman–Crippen MR) is 102 cm³/mol. The molecule has 0 bridgehead atoms. The molecule has 0 fully saturated rings. The molecule has 26 heavy (non-hydrogen) atoms. The molecule has 5 nitrogen and oxygen atoms in total. The third-order valence-corrected chi connectivity index (χ3v) is 5.55. The number of rotatable bonds is 5. The normalized spacial score (nSPS) is 16.6. The lowest BCUT2D eigenvalue weighted by Crippen LogP contribution is -2.17. The minimum atomic E-state index is -1.41. The summed E-state index contributed by atoms with van der Waals surface area (Å²) in [4.78, 5) is 5.93. The molecule has 0 aliphatic carbocycles. The van der Waals surface area contributed by atoms with E-state index in [9.17, 15) is 4.21 Å². The van der Waals surface area contributed by atoms with Crippen molar-refractivity contribution in [3.05, 3.63) is 47.5 Å². The number of aryl methyl sites for hydroxylation is 1. The van der Waals surface area contributed by atoms with Gasteiger partial charge in [-0.25, -0.2) is 9.20 Å². The predicted octanol–water partition coefficient (Wildman–Crippen LogP) is 3.73. The molecule has 0 radical (unpaired) electrons. The number of benzene rings is 2. The molecule has 1 atom stereocenters. The number of ether oxygens (including phenoxy) is 3. The molecule has 0 spiro atoms. The minimum Gasteiger partial charge on any atom is -0.493 e. The highest BCUT2D eigenvalue weighted by Crippen LogP contribution is 2.35. The molecule has 1 unspecified atom stereocenters. The van der Waals surface area contributed by atoms with Crippen LogP contribution >= 0.6 is 0 Å². The first kappa shape index (κ1) is 18.5. The number of hydrogen-bond donors (Lipinski definition) is 0. The van der Waals surface area contributed by atoms with Crippen LogP contribution in [0.5, 0.6) is 11.5 Å². The Hall–Kier alpha value is -2.34. The second-order valence-electron chi connectivity index (χ2n) is 6.80. The summed E-state index contributed by atoms with van der Waals surface area (Å²) in [6, 6.07) is 11.1. The van der Waals surface area contributed by atoms with Gasteiger partial charge in [-0.1, -0.05) is 17.7 Å². The van der Waals surface area contributed by atoms with Crippen molar-refractivity contribution in [2.24, 2.45) is 4.99 Å². The molecule has 2 aromatic rings. The third-order valence-electron chi connectivity index (χ3n) is 4.12. The Morgan fingerprint density at radius 3 is 2.23 bits per heavy atom. The van der Waals surface area contributed by atoms with Gasteiger partial charge in [-0.05, 0) is 39.0 Å². The zero-order valence-electron chi connectivity index (χ0n) is 15.7. The number of hydrogen-bond acceptors (Lipinski definition) is 5. The zero-order chi connectivity index (χ0) is 18.9. The lowest BCUT2D eigenvalue weighted by atomic mass is 10.1. The Morgan fingerprint density at radius 2 is 1.69 bits per heavy atom. The molecule has 0 aromatic heterocycles. The van der Waals surface area contributed by atoms with Gasteiger partial charge in [-0.15, -0.1) is 0 Å². The molecule has 138 valence electrons. The topological polar surface area (TPSA) is 57.1 Å². The fourth-order valence-corrected chi connectivity index (χ4v) is 3.89. The van der Waals surface area contributed by atoms with Gasteiger partial charge in [0.05, 0.1) is 41.0 Å². The standard InChI is InChI=1S/C20H23NO4S/c1-13-6-8-14(9-7-13)26(22)18-11-17(24-5)16(23-4)10-15(18)19-21-20(2,3)12-25-19/h6-11H,12H2,1-5H3. The van der Waals surface area contributed by atoms with E-state index in [1.165, 1.54) is 0 Å². The maximum atomic E-state index is 13.3. The average Bonchev–Trinajstić information content (AvgIpc) is 3.00. The van der Waals surface area contributed by atoms with Crippen LogP contribution in [-0.2, 0) is 15.5 Å². The fraction of sp³-hybridized carbons (Fsp3) is 0.350. The van der Waals surface area contributed by atoms with E-state index in [1.807, 2.05) is 45.0 Å². The summed E-state index contributed by atoms with van der Waals surface area (Å²) in [5, 5.41) is 0. The van der Waals surface area contributed by atoms with E-state index in [2.05, 4.69) is 4.99 Å². The first-order valence-corrected chi connectivity index (χ1v) is 9.47. The van der Waals surface area contributed by atoms with Gasteiger partial charge in [-0.2, -0.15) is 0 Å². The SMILES string of the molecule is COc1cc(C2=NC(C)(C)CO2)c(S(=O)c2ccc(C)cc2)cc1OC. The van der Waals surface area contributed by atoms with E-state index in [0.29, 0.717) is 39.4 Å². The summed E-state index contributed by atoms with van der Waals surface area (Å²) in [6.07, 6.45) is 0. The molecule has 3 rings (SSSR count). The van der Waals surface area contributed by atoms with Crippen LogP contribution in [0.15, 0.2) is 51.2 Å². The van der Waals surface area contributed by atoms with E-state index in [1.54, 1.807) is 26.4 Å². The summed E-state index contributed by atoms with van der Waals surface area (Å²) in [5.41, 5.74) is 1.46. The van der Waals surface area contributed by atoms with Crippen molar-refractivity contribution in [1.29, 1.82) is 0 Å². The number of methoxy groups -OCH3 is 2. The van der Waals surface area contributed by atoms with E-state index in [4.69, 9.17) is 14.2 Å². The van der Waals surface area contributed by atoms with Crippen molar-refractivity contribution in [1.82, 2.24) is 0 Å². The second kappa shape index (κ2) is 7.11. The molecule has 1 aliphatic rings. The van der Waals surface area contributed by atoms with Crippen molar-refractivity contribution in [3.8, 4) is 11.5 Å². The Kier molecular flexibility index (Phi) is 5.05. The van der Waals surface area contributed by atoms with Crippen LogP contribution in [0.2, 0.25) is 0 Å². The van der Waals surface area contributed by atoms with Crippen LogP contribution < -0.4 is 9.47 Å². The van der Waals surface area contributed by atoms with Gasteiger partial charge in [0.1, 0.15) is 6.61 Å². The summed E-state index contributed by atoms with van der Waals surface area (Å²) in [7, 11) is 1.72. The summed E-state index contributed by atoms with van der Waals surface area (Å²) in [6.45, 7) is 6.47. The van der Waals surface area contributed by atoms with E-state index in [0.717, 1.165) is 5.56 Å². The lowest BCUT2D eigenvalue weighted by Gasteiger charge is -2.14. The fourth-order valence-electron chi connectivity index (χ4n) is 2.69. The maximum absolute atomic E-state index is 13.3. The molecule has 2 aromatic carbocycles. The van der Waals surface area contributed by atoms with Crippen molar-refractivity contribution < 1.29 is 18.4 Å². The van der Waals surface area contributed by atoms with Crippen LogP contribution in [0, 0.1) is 6.92 Å². The zero-order valence-corrected chi connectivity index (χ0v) is 16.5. The van der Waals surface area contributed by atoms with Crippen molar-refractivity contribution in [2.45, 2.75) is 36.1 Å². The first-order valence-electron chi connectivity index (χ1n) is 8.32. The van der Waals surface area contributed by atoms with E-state index in [-0.39, 0.29) is 5.54 Å². The highest BCUT2D eigenvalue weighted by Gasteiger charge is 2.30. The first-order chi connectivity index (χ1) is 12.3. The smallest absolute Gasteiger partial charge is 0.218 e. The van der Waals surface area contributed by atoms with E-state index >= 15 is 0 Å². The lowest BCUT2D eigenvalue weighted by molar-refractivity contribution is 0.279. The van der Waals surface area contributed by atoms with Crippen LogP contribution in [0.1, 0.15) is 25.0 Å². The molecular weight excluding hydrogens is 350 g/mol. The highest BCUT2D eigenvalue weighted by molar-refractivity contribution is 7.85. The Bertz CT molecular complexity index is 872. The minimum absolute atomic E-state index is 0.314. The van der Waals surface area contributed by atoms with Gasteiger partial charge in [0.25, 0.3) is 0 Å². The quantitative estimate of drug-likeness (QED) is 0.801. The van der Waals surface area contributed by atoms with Crippen molar-refractivity contribution >= 4 is 16.7 Å². The maximum Gasteiger partial charge on any atom is 0.218 e. The van der Waals surface area contributed by atoms with Gasteiger partial charge < -0.3 is 14.2 Å². The largest absolute Gasteiger partial charge is 0.493 e. The van der Waals surface area contributed by atoms with Crippen LogP contribution in [0.25, 0.3) is 0 Å². The number of nitrogens with zero attached hydrogens (tertiary/aromatic N) is 1. The van der Waals surface area contributed by atoms with Crippen molar-refractivity contribution in [3.63, 3.8) is 0 Å². The van der Waals surface area contributed by atoms with Crippen LogP contribution in [-0.4, -0.2) is 36.5 Å². The molecule has 0 amide bonds. The average molecular weight is 373 g/mol. The molecule has 1 aliphatic heterocycles. The van der Waals surface area contributed by atoms with Gasteiger partial charge in [0.15, 0.2) is 11.5 Å². The second-order valence-corrected chi connectivity index (χ2v) is 8.25. The van der Waals surface area contributed by atoms with Gasteiger partial charge in [-0.3, -0.25) is 0 Å². The molecular formula is C20H23NO4S. The molecule has 0 saturated carbocycles. The van der Waals surface area contributed by atoms with Crippen LogP contribution in [0.4, 0.5) is 0 Å². The summed E-state index contributed by atoms with van der Waals surface area (Å²) >= 11 is 0. The summed E-state index contributed by atoms with van der Waals surface area (Å²) < 4.78 is 29.9. The van der Waals surface area contributed by atoms with E-state index < -0.39 is 10.8 Å². The molecule has 0 N–H and O–H groups in total. The van der Waals surface area contributed by atoms with Crippen LogP contribution in [0.3, 0.4) is 0 Å². The molecule has 1 heterocycles. The van der Waals surface area contributed by atoms with Crippen molar-refractivity contribution in [2.75, 3.05) is 20.8 Å². The number of aliphatic imine (C=N–C) groups is 1. The Labute approximate surface area is 156 Å². The van der Waals surface area contributed by atoms with Gasteiger partial charge in [0.2, 0.25) is 5.90 Å². The highest BCUT2D eigenvalue weighted by atomic mass is 32.2.